The number of carbonyl (C=O) groups excluding carboxylic acids is 1. The topological polar surface area (TPSA) is 64.5 Å². The smallest absolute Gasteiger partial charge is 0.861 e. The van der Waals surface area contributed by atoms with Crippen molar-refractivity contribution in [1.29, 1.82) is 0 Å². The van der Waals surface area contributed by atoms with Crippen LogP contribution in [-0.4, -0.2) is 16.9 Å². The normalized spacial score (nSPS) is 24.7. The summed E-state index contributed by atoms with van der Waals surface area (Å²) < 4.78 is 0. The van der Waals surface area contributed by atoms with E-state index >= 15 is 0 Å². The molecule has 1 heterocycles. The van der Waals surface area contributed by atoms with Crippen LogP contribution in [0.5, 0.6) is 0 Å². The first-order valence-electron chi connectivity index (χ1n) is 6.21. The zero-order valence-electron chi connectivity index (χ0n) is 12.0. The van der Waals surface area contributed by atoms with Crippen LogP contribution in [0.1, 0.15) is 40.0 Å². The third-order valence-electron chi connectivity index (χ3n) is 3.45. The largest absolute Gasteiger partial charge is 1.00 e. The summed E-state index contributed by atoms with van der Waals surface area (Å²) in [7, 11) is 0. The van der Waals surface area contributed by atoms with Gasteiger partial charge in [0.05, 0.1) is 5.41 Å². The number of nitrogens with one attached hydrogen (secondary N) is 1. The number of nitrogens with zero attached hydrogens (tertiary/aromatic N) is 1. The molecule has 0 fully saturated rings. The van der Waals surface area contributed by atoms with Crippen LogP contribution >= 0.6 is 12.2 Å². The van der Waals surface area contributed by atoms with E-state index in [9.17, 15) is 9.90 Å². The maximum atomic E-state index is 12.2. The van der Waals surface area contributed by atoms with E-state index in [4.69, 9.17) is 12.2 Å². The van der Waals surface area contributed by atoms with Gasteiger partial charge in [0.2, 0.25) is 5.91 Å². The minimum Gasteiger partial charge on any atom is -0.861 e. The zero-order valence-corrected chi connectivity index (χ0v) is 14.8. The fraction of sp³-hybridized carbons (Fsp3) is 0.615. The van der Waals surface area contributed by atoms with Gasteiger partial charge >= 0.3 is 29.6 Å². The van der Waals surface area contributed by atoms with E-state index in [1.165, 1.54) is 0 Å². The molecule has 1 amide bonds. The van der Waals surface area contributed by atoms with E-state index in [0.29, 0.717) is 6.42 Å². The molecular formula is C13H19N2NaO2S. The van der Waals surface area contributed by atoms with E-state index in [0.717, 1.165) is 12.8 Å². The third kappa shape index (κ3) is 3.88. The van der Waals surface area contributed by atoms with Crippen molar-refractivity contribution >= 4 is 29.1 Å². The molecule has 1 N–H and O–H groups in total. The van der Waals surface area contributed by atoms with E-state index in [-0.39, 0.29) is 46.5 Å². The molecular weight excluding hydrogens is 271 g/mol. The molecule has 2 atom stereocenters. The summed E-state index contributed by atoms with van der Waals surface area (Å²) in [6.45, 7) is 5.83. The van der Waals surface area contributed by atoms with Crippen LogP contribution in [0.3, 0.4) is 0 Å². The van der Waals surface area contributed by atoms with Crippen molar-refractivity contribution in [1.82, 2.24) is 5.32 Å². The second-order valence-electron chi connectivity index (χ2n) is 4.61. The molecule has 0 radical (unpaired) electrons. The molecule has 0 aromatic heterocycles. The van der Waals surface area contributed by atoms with Crippen molar-refractivity contribution in [3.8, 4) is 0 Å². The van der Waals surface area contributed by atoms with Gasteiger partial charge in [0, 0.05) is 0 Å². The molecule has 0 saturated heterocycles. The van der Waals surface area contributed by atoms with Crippen LogP contribution in [0.2, 0.25) is 0 Å². The average Bonchev–Trinajstić information content (AvgIpc) is 2.28. The van der Waals surface area contributed by atoms with Crippen molar-refractivity contribution in [2.24, 2.45) is 16.3 Å². The summed E-state index contributed by atoms with van der Waals surface area (Å²) in [4.78, 5) is 16.0. The molecule has 1 aliphatic rings. The van der Waals surface area contributed by atoms with E-state index < -0.39 is 11.3 Å². The van der Waals surface area contributed by atoms with Gasteiger partial charge in [0.15, 0.2) is 5.11 Å². The first-order chi connectivity index (χ1) is 8.48. The van der Waals surface area contributed by atoms with Gasteiger partial charge in [-0.15, -0.1) is 0 Å². The number of hydrogen-bond donors (Lipinski definition) is 1. The van der Waals surface area contributed by atoms with Gasteiger partial charge < -0.3 is 10.4 Å². The maximum absolute atomic E-state index is 12.2. The standard InChI is InChI=1S/C13H20N2O2S.Na/c1-4-6-8-13(9(3)7-5-2)10(16)14-12(18)15-11(13)17;/h4,6,9H,5,7-8H2,1-3H3,(H2,14,15,16,17,18);/q;+1/p-1/b6-4+;. The summed E-state index contributed by atoms with van der Waals surface area (Å²) in [5, 5.41) is 14.7. The molecule has 0 aliphatic carbocycles. The van der Waals surface area contributed by atoms with Crippen molar-refractivity contribution in [2.45, 2.75) is 40.0 Å². The summed E-state index contributed by atoms with van der Waals surface area (Å²) in [5.41, 5.74) is -1.09. The van der Waals surface area contributed by atoms with Gasteiger partial charge in [-0.05, 0) is 43.8 Å². The molecule has 0 saturated carbocycles. The number of thiocarbonyl (C=S) groups is 1. The maximum Gasteiger partial charge on any atom is 1.00 e. The number of hydrogen-bond acceptors (Lipinski definition) is 3. The second-order valence-corrected chi connectivity index (χ2v) is 5.00. The molecule has 1 aliphatic heterocycles. The van der Waals surface area contributed by atoms with Crippen LogP contribution in [-0.2, 0) is 4.79 Å². The number of amides is 1. The molecule has 0 bridgehead atoms. The Bertz CT molecular complexity index is 409. The summed E-state index contributed by atoms with van der Waals surface area (Å²) in [5.74, 6) is -0.778. The molecule has 100 valence electrons. The Morgan fingerprint density at radius 2 is 2.21 bits per heavy atom. The predicted molar refractivity (Wildman–Crippen MR) is 74.1 cm³/mol. The SMILES string of the molecule is C/C=C/CC1(C(C)CCC)C(=O)NC(=S)N=C1[O-].[Na+]. The van der Waals surface area contributed by atoms with Gasteiger partial charge in [0.1, 0.15) is 0 Å². The molecule has 2 unspecified atom stereocenters. The van der Waals surface area contributed by atoms with E-state index in [2.05, 4.69) is 10.3 Å². The van der Waals surface area contributed by atoms with Crippen LogP contribution < -0.4 is 40.0 Å². The molecule has 4 nitrogen and oxygen atoms in total. The first kappa shape index (κ1) is 18.8. The molecule has 0 aromatic rings. The minimum atomic E-state index is -1.09. The van der Waals surface area contributed by atoms with Crippen LogP contribution in [0, 0.1) is 11.3 Å². The van der Waals surface area contributed by atoms with Crippen molar-refractivity contribution < 1.29 is 39.5 Å². The summed E-state index contributed by atoms with van der Waals surface area (Å²) in [6.07, 6.45) is 5.78. The van der Waals surface area contributed by atoms with Crippen LogP contribution in [0.25, 0.3) is 0 Å². The second kappa shape index (κ2) is 8.15. The number of rotatable bonds is 5. The van der Waals surface area contributed by atoms with Gasteiger partial charge in [-0.1, -0.05) is 32.4 Å². The Kier molecular flexibility index (Phi) is 8.05. The van der Waals surface area contributed by atoms with Gasteiger partial charge in [-0.25, -0.2) is 4.99 Å². The van der Waals surface area contributed by atoms with Gasteiger partial charge in [-0.2, -0.15) is 0 Å². The van der Waals surface area contributed by atoms with Gasteiger partial charge in [-0.3, -0.25) is 4.79 Å². The minimum absolute atomic E-state index is 0. The van der Waals surface area contributed by atoms with Crippen molar-refractivity contribution in [3.63, 3.8) is 0 Å². The van der Waals surface area contributed by atoms with Crippen LogP contribution in [0.15, 0.2) is 17.1 Å². The fourth-order valence-electron chi connectivity index (χ4n) is 2.32. The molecule has 0 spiro atoms. The third-order valence-corrected chi connectivity index (χ3v) is 3.64. The van der Waals surface area contributed by atoms with Crippen molar-refractivity contribution in [3.05, 3.63) is 12.2 Å². The quantitative estimate of drug-likeness (QED) is 0.383. The van der Waals surface area contributed by atoms with E-state index in [1.807, 2.05) is 32.9 Å². The summed E-state index contributed by atoms with van der Waals surface area (Å²) >= 11 is 4.79. The Labute approximate surface area is 142 Å². The molecule has 0 aromatic carbocycles. The predicted octanol–water partition coefficient (Wildman–Crippen LogP) is -1.45. The Hall–Kier alpha value is -0.230. The zero-order chi connectivity index (χ0) is 13.8. The van der Waals surface area contributed by atoms with Gasteiger partial charge in [0.25, 0.3) is 0 Å². The van der Waals surface area contributed by atoms with E-state index in [1.54, 1.807) is 0 Å². The number of aliphatic imine (C=N–C) groups is 1. The summed E-state index contributed by atoms with van der Waals surface area (Å²) in [6, 6.07) is 0. The number of allylic oxidation sites excluding steroid dienone is 2. The fourth-order valence-corrected chi connectivity index (χ4v) is 2.50. The Morgan fingerprint density at radius 1 is 1.58 bits per heavy atom. The average molecular weight is 290 g/mol. The first-order valence-corrected chi connectivity index (χ1v) is 6.62. The Balaban J connectivity index is 0.00000324. The number of carbonyl (C=O) groups is 1. The Morgan fingerprint density at radius 3 is 2.68 bits per heavy atom. The molecule has 1 rings (SSSR count). The molecule has 19 heavy (non-hydrogen) atoms. The van der Waals surface area contributed by atoms with Crippen LogP contribution in [0.4, 0.5) is 0 Å². The van der Waals surface area contributed by atoms with Crippen molar-refractivity contribution in [2.75, 3.05) is 0 Å². The monoisotopic (exact) mass is 290 g/mol. The molecule has 6 heteroatoms.